The fourth-order valence-electron chi connectivity index (χ4n) is 3.65. The molecule has 0 aromatic heterocycles. The molecular weight excluding hydrogens is 254 g/mol. The zero-order valence-electron chi connectivity index (χ0n) is 12.9. The number of likely N-dealkylation sites (tertiary alicyclic amines) is 1. The first kappa shape index (κ1) is 15.5. The van der Waals surface area contributed by atoms with Gasteiger partial charge in [0.25, 0.3) is 0 Å². The molecule has 1 heterocycles. The molecule has 4 nitrogen and oxygen atoms in total. The predicted molar refractivity (Wildman–Crippen MR) is 76.9 cm³/mol. The van der Waals surface area contributed by atoms with Gasteiger partial charge in [-0.05, 0) is 24.7 Å². The molecule has 2 rings (SSSR count). The molecule has 1 saturated heterocycles. The summed E-state index contributed by atoms with van der Waals surface area (Å²) in [5.41, 5.74) is -0.440. The van der Waals surface area contributed by atoms with E-state index in [-0.39, 0.29) is 23.8 Å². The Kier molecular flexibility index (Phi) is 4.24. The minimum Gasteiger partial charge on any atom is -0.391 e. The Morgan fingerprint density at radius 3 is 2.35 bits per heavy atom. The van der Waals surface area contributed by atoms with E-state index in [1.807, 2.05) is 20.8 Å². The number of β-amino-alcohol motifs (C(OH)–C–C–N with tert-alkyl or cyclic N) is 1. The summed E-state index contributed by atoms with van der Waals surface area (Å²) in [6, 6.07) is 0. The van der Waals surface area contributed by atoms with Crippen LogP contribution in [0.5, 0.6) is 0 Å². The van der Waals surface area contributed by atoms with Gasteiger partial charge >= 0.3 is 0 Å². The Balaban J connectivity index is 2.02. The molecule has 2 fully saturated rings. The Hall–Kier alpha value is -0.900. The summed E-state index contributed by atoms with van der Waals surface area (Å²) in [6.45, 7) is 6.31. The van der Waals surface area contributed by atoms with Gasteiger partial charge in [0, 0.05) is 6.42 Å². The van der Waals surface area contributed by atoms with Gasteiger partial charge in [-0.3, -0.25) is 14.5 Å². The van der Waals surface area contributed by atoms with Crippen LogP contribution in [-0.2, 0) is 9.59 Å². The average molecular weight is 281 g/mol. The fraction of sp³-hybridized carbons (Fsp3) is 0.875. The van der Waals surface area contributed by atoms with Crippen LogP contribution in [0.4, 0.5) is 0 Å². The zero-order valence-corrected chi connectivity index (χ0v) is 12.9. The maximum absolute atomic E-state index is 12.6. The van der Waals surface area contributed by atoms with Crippen LogP contribution in [0.1, 0.15) is 65.7 Å². The standard InChI is InChI=1S/C16H27NO3/c1-15(2,3)9-12(18)11-17-13(19)10-16(14(17)20)7-5-4-6-8-16/h12,18H,4-11H2,1-3H3. The number of carbonyl (C=O) groups is 2. The summed E-state index contributed by atoms with van der Waals surface area (Å²) in [7, 11) is 0. The van der Waals surface area contributed by atoms with Crippen molar-refractivity contribution in [3.8, 4) is 0 Å². The molecule has 1 saturated carbocycles. The largest absolute Gasteiger partial charge is 0.391 e. The summed E-state index contributed by atoms with van der Waals surface area (Å²) in [4.78, 5) is 26.1. The smallest absolute Gasteiger partial charge is 0.235 e. The molecule has 2 aliphatic rings. The molecular formula is C16H27NO3. The molecule has 1 aliphatic carbocycles. The molecule has 114 valence electrons. The highest BCUT2D eigenvalue weighted by Gasteiger charge is 2.51. The van der Waals surface area contributed by atoms with Gasteiger partial charge in [0.1, 0.15) is 0 Å². The lowest BCUT2D eigenvalue weighted by Gasteiger charge is -2.31. The van der Waals surface area contributed by atoms with Gasteiger partial charge < -0.3 is 5.11 Å². The molecule has 1 atom stereocenters. The topological polar surface area (TPSA) is 57.6 Å². The van der Waals surface area contributed by atoms with E-state index in [1.165, 1.54) is 4.90 Å². The predicted octanol–water partition coefficient (Wildman–Crippen LogP) is 2.49. The van der Waals surface area contributed by atoms with Crippen molar-refractivity contribution >= 4 is 11.8 Å². The Labute approximate surface area is 121 Å². The second-order valence-electron chi connectivity index (χ2n) is 7.75. The second kappa shape index (κ2) is 5.47. The van der Waals surface area contributed by atoms with E-state index < -0.39 is 11.5 Å². The van der Waals surface area contributed by atoms with Gasteiger partial charge in [-0.15, -0.1) is 0 Å². The lowest BCUT2D eigenvalue weighted by molar-refractivity contribution is -0.144. The van der Waals surface area contributed by atoms with Crippen molar-refractivity contribution < 1.29 is 14.7 Å². The maximum atomic E-state index is 12.6. The van der Waals surface area contributed by atoms with Crippen LogP contribution in [0.3, 0.4) is 0 Å². The van der Waals surface area contributed by atoms with Crippen molar-refractivity contribution in [2.45, 2.75) is 71.8 Å². The van der Waals surface area contributed by atoms with Gasteiger partial charge in [-0.25, -0.2) is 0 Å². The van der Waals surface area contributed by atoms with Gasteiger partial charge in [0.2, 0.25) is 11.8 Å². The maximum Gasteiger partial charge on any atom is 0.235 e. The van der Waals surface area contributed by atoms with Crippen LogP contribution in [0.15, 0.2) is 0 Å². The average Bonchev–Trinajstić information content (AvgIpc) is 2.53. The number of hydrogen-bond acceptors (Lipinski definition) is 3. The van der Waals surface area contributed by atoms with E-state index in [4.69, 9.17) is 0 Å². The molecule has 2 amide bonds. The number of imide groups is 1. The lowest BCUT2D eigenvalue weighted by Crippen LogP contribution is -2.41. The minimum absolute atomic E-state index is 0.00619. The Morgan fingerprint density at radius 2 is 1.80 bits per heavy atom. The van der Waals surface area contributed by atoms with Crippen molar-refractivity contribution in [3.05, 3.63) is 0 Å². The summed E-state index contributed by atoms with van der Waals surface area (Å²) in [6.07, 6.45) is 5.24. The molecule has 4 heteroatoms. The van der Waals surface area contributed by atoms with Crippen molar-refractivity contribution in [3.63, 3.8) is 0 Å². The third-order valence-electron chi connectivity index (χ3n) is 4.54. The van der Waals surface area contributed by atoms with Gasteiger partial charge in [-0.2, -0.15) is 0 Å². The highest BCUT2D eigenvalue weighted by Crippen LogP contribution is 2.45. The molecule has 0 radical (unpaired) electrons. The summed E-state index contributed by atoms with van der Waals surface area (Å²) in [5, 5.41) is 10.1. The number of carbonyl (C=O) groups excluding carboxylic acids is 2. The van der Waals surface area contributed by atoms with Crippen LogP contribution in [0, 0.1) is 10.8 Å². The van der Waals surface area contributed by atoms with Crippen LogP contribution in [0.25, 0.3) is 0 Å². The van der Waals surface area contributed by atoms with E-state index in [1.54, 1.807) is 0 Å². The molecule has 20 heavy (non-hydrogen) atoms. The third-order valence-corrected chi connectivity index (χ3v) is 4.54. The van der Waals surface area contributed by atoms with Crippen molar-refractivity contribution in [2.75, 3.05) is 6.54 Å². The SMILES string of the molecule is CC(C)(C)CC(O)CN1C(=O)CC2(CCCCC2)C1=O. The fourth-order valence-corrected chi connectivity index (χ4v) is 3.65. The first-order valence-corrected chi connectivity index (χ1v) is 7.76. The number of amides is 2. The molecule has 1 aliphatic heterocycles. The Morgan fingerprint density at radius 1 is 1.20 bits per heavy atom. The zero-order chi connectivity index (χ0) is 15.0. The quantitative estimate of drug-likeness (QED) is 0.809. The second-order valence-corrected chi connectivity index (χ2v) is 7.75. The number of hydrogen-bond donors (Lipinski definition) is 1. The molecule has 1 unspecified atom stereocenters. The molecule has 1 N–H and O–H groups in total. The van der Waals surface area contributed by atoms with E-state index >= 15 is 0 Å². The number of aliphatic hydroxyl groups excluding tert-OH is 1. The van der Waals surface area contributed by atoms with Crippen LogP contribution in [-0.4, -0.2) is 34.5 Å². The summed E-state index contributed by atoms with van der Waals surface area (Å²) >= 11 is 0. The van der Waals surface area contributed by atoms with Gasteiger partial charge in [0.15, 0.2) is 0 Å². The minimum atomic E-state index is -0.623. The Bertz CT molecular complexity index is 391. The van der Waals surface area contributed by atoms with E-state index in [2.05, 4.69) is 0 Å². The number of rotatable bonds is 3. The van der Waals surface area contributed by atoms with Crippen LogP contribution < -0.4 is 0 Å². The van der Waals surface area contributed by atoms with Crippen molar-refractivity contribution in [1.82, 2.24) is 4.90 Å². The first-order chi connectivity index (χ1) is 9.23. The number of nitrogens with zero attached hydrogens (tertiary/aromatic N) is 1. The molecule has 1 spiro atoms. The van der Waals surface area contributed by atoms with Crippen LogP contribution in [0.2, 0.25) is 0 Å². The van der Waals surface area contributed by atoms with E-state index in [0.29, 0.717) is 12.8 Å². The molecule has 0 bridgehead atoms. The first-order valence-electron chi connectivity index (χ1n) is 7.76. The van der Waals surface area contributed by atoms with E-state index in [9.17, 15) is 14.7 Å². The highest BCUT2D eigenvalue weighted by molar-refractivity contribution is 6.05. The van der Waals surface area contributed by atoms with E-state index in [0.717, 1.165) is 32.1 Å². The van der Waals surface area contributed by atoms with Gasteiger partial charge in [-0.1, -0.05) is 40.0 Å². The highest BCUT2D eigenvalue weighted by atomic mass is 16.3. The summed E-state index contributed by atoms with van der Waals surface area (Å²) < 4.78 is 0. The van der Waals surface area contributed by atoms with Crippen molar-refractivity contribution in [2.24, 2.45) is 10.8 Å². The van der Waals surface area contributed by atoms with Crippen molar-refractivity contribution in [1.29, 1.82) is 0 Å². The monoisotopic (exact) mass is 281 g/mol. The number of aliphatic hydroxyl groups is 1. The van der Waals surface area contributed by atoms with Crippen LogP contribution >= 0.6 is 0 Å². The van der Waals surface area contributed by atoms with Gasteiger partial charge in [0.05, 0.1) is 18.1 Å². The third kappa shape index (κ3) is 3.22. The lowest BCUT2D eigenvalue weighted by atomic mass is 9.73. The molecule has 0 aromatic carbocycles. The summed E-state index contributed by atoms with van der Waals surface area (Å²) in [5.74, 6) is -0.125. The molecule has 0 aromatic rings. The normalized spacial score (nSPS) is 24.5.